The van der Waals surface area contributed by atoms with Crippen molar-refractivity contribution in [3.05, 3.63) is 30.2 Å². The third-order valence-corrected chi connectivity index (χ3v) is 4.83. The molecular formula is C19H22N6O2. The second-order valence-electron chi connectivity index (χ2n) is 7.04. The van der Waals surface area contributed by atoms with Crippen LogP contribution < -0.4 is 10.2 Å². The van der Waals surface area contributed by atoms with Crippen LogP contribution in [0.25, 0.3) is 22.4 Å². The number of carbonyl (C=O) groups excluding carboxylic acids is 1. The Morgan fingerprint density at radius 2 is 1.93 bits per heavy atom. The van der Waals surface area contributed by atoms with Crippen molar-refractivity contribution in [3.63, 3.8) is 0 Å². The normalized spacial score (nSPS) is 15.2. The summed E-state index contributed by atoms with van der Waals surface area (Å²) < 4.78 is 5.62. The van der Waals surface area contributed by atoms with Crippen molar-refractivity contribution in [1.82, 2.24) is 25.5 Å². The Labute approximate surface area is 157 Å². The fraction of sp³-hybridized carbons (Fsp3) is 0.421. The number of pyridine rings is 2. The highest BCUT2D eigenvalue weighted by Gasteiger charge is 2.21. The molecule has 4 rings (SSSR count). The Morgan fingerprint density at radius 1 is 1.15 bits per heavy atom. The molecule has 1 aliphatic heterocycles. The molecule has 27 heavy (non-hydrogen) atoms. The van der Waals surface area contributed by atoms with Gasteiger partial charge in [-0.25, -0.2) is 0 Å². The number of piperidine rings is 1. The zero-order valence-electron chi connectivity index (χ0n) is 15.5. The summed E-state index contributed by atoms with van der Waals surface area (Å²) in [5, 5.41) is 13.2. The minimum atomic E-state index is 0.139. The van der Waals surface area contributed by atoms with Gasteiger partial charge < -0.3 is 14.6 Å². The maximum absolute atomic E-state index is 12.5. The molecule has 0 radical (unpaired) electrons. The first kappa shape index (κ1) is 17.5. The first-order chi connectivity index (χ1) is 13.1. The van der Waals surface area contributed by atoms with Gasteiger partial charge in [-0.2, -0.15) is 0 Å². The highest BCUT2D eigenvalue weighted by Crippen LogP contribution is 2.24. The van der Waals surface area contributed by atoms with Gasteiger partial charge in [0.05, 0.1) is 0 Å². The van der Waals surface area contributed by atoms with Crippen molar-refractivity contribution in [1.29, 1.82) is 0 Å². The molecule has 0 unspecified atom stereocenters. The number of carbonyl (C=O) groups is 1. The van der Waals surface area contributed by atoms with Crippen LogP contribution in [0.4, 0.5) is 6.01 Å². The van der Waals surface area contributed by atoms with Gasteiger partial charge in [0.15, 0.2) is 0 Å². The van der Waals surface area contributed by atoms with Crippen LogP contribution >= 0.6 is 0 Å². The number of hydrogen-bond donors (Lipinski definition) is 1. The quantitative estimate of drug-likeness (QED) is 0.731. The lowest BCUT2D eigenvalue weighted by atomic mass is 9.91. The van der Waals surface area contributed by atoms with Crippen LogP contribution in [0.5, 0.6) is 0 Å². The summed E-state index contributed by atoms with van der Waals surface area (Å²) in [6, 6.07) is 4.26. The number of nitrogens with zero attached hydrogens (tertiary/aromatic N) is 5. The highest BCUT2D eigenvalue weighted by atomic mass is 16.4. The van der Waals surface area contributed by atoms with Gasteiger partial charge in [-0.1, -0.05) is 5.10 Å². The fourth-order valence-electron chi connectivity index (χ4n) is 3.26. The van der Waals surface area contributed by atoms with Gasteiger partial charge >= 0.3 is 6.01 Å². The van der Waals surface area contributed by atoms with E-state index in [1.54, 1.807) is 17.3 Å². The van der Waals surface area contributed by atoms with Crippen molar-refractivity contribution in [2.45, 2.75) is 19.3 Å². The molecule has 0 aromatic carbocycles. The monoisotopic (exact) mass is 366 g/mol. The first-order valence-electron chi connectivity index (χ1n) is 9.09. The Bertz CT molecular complexity index is 962. The van der Waals surface area contributed by atoms with Gasteiger partial charge in [-0.3, -0.25) is 14.8 Å². The summed E-state index contributed by atoms with van der Waals surface area (Å²) in [7, 11) is 3.67. The van der Waals surface area contributed by atoms with Crippen LogP contribution in [0.15, 0.2) is 28.9 Å². The van der Waals surface area contributed by atoms with Crippen molar-refractivity contribution in [2.24, 2.45) is 5.92 Å². The molecule has 0 amide bonds. The number of rotatable bonds is 5. The molecule has 0 spiro atoms. The zero-order chi connectivity index (χ0) is 18.8. The molecule has 0 bridgehead atoms. The molecule has 0 aliphatic carbocycles. The van der Waals surface area contributed by atoms with Crippen molar-refractivity contribution >= 4 is 22.6 Å². The Balaban J connectivity index is 1.57. The largest absolute Gasteiger partial charge is 0.402 e. The maximum atomic E-state index is 12.5. The summed E-state index contributed by atoms with van der Waals surface area (Å²) in [5.41, 5.74) is 1.38. The van der Waals surface area contributed by atoms with Crippen molar-refractivity contribution in [2.75, 3.05) is 32.1 Å². The number of anilines is 1. The van der Waals surface area contributed by atoms with Crippen LogP contribution in [-0.2, 0) is 11.2 Å². The second kappa shape index (κ2) is 7.40. The van der Waals surface area contributed by atoms with E-state index in [1.165, 1.54) is 0 Å². The molecule has 140 valence electrons. The number of hydrogen-bond acceptors (Lipinski definition) is 8. The summed E-state index contributed by atoms with van der Waals surface area (Å²) >= 11 is 0. The molecule has 8 heteroatoms. The Hall–Kier alpha value is -2.87. The van der Waals surface area contributed by atoms with Gasteiger partial charge in [-0.15, -0.1) is 5.10 Å². The third-order valence-electron chi connectivity index (χ3n) is 4.83. The zero-order valence-corrected chi connectivity index (χ0v) is 15.5. The molecule has 3 aromatic heterocycles. The van der Waals surface area contributed by atoms with Gasteiger partial charge in [0.1, 0.15) is 11.5 Å². The molecule has 1 fully saturated rings. The molecular weight excluding hydrogens is 344 g/mol. The predicted molar refractivity (Wildman–Crippen MR) is 101 cm³/mol. The topological polar surface area (TPSA) is 97.0 Å². The molecule has 1 aliphatic rings. The van der Waals surface area contributed by atoms with Crippen LogP contribution in [0, 0.1) is 5.92 Å². The lowest BCUT2D eigenvalue weighted by Crippen LogP contribution is -2.32. The van der Waals surface area contributed by atoms with E-state index in [0.717, 1.165) is 42.4 Å². The SMILES string of the molecule is CN(C)c1nnc(-c2cc3cc(CC(=O)C4CCNCC4)ncc3cn2)o1. The van der Waals surface area contributed by atoms with E-state index in [4.69, 9.17) is 4.42 Å². The Kier molecular flexibility index (Phi) is 4.81. The van der Waals surface area contributed by atoms with Crippen molar-refractivity contribution in [3.8, 4) is 11.6 Å². The number of Topliss-reactive ketones (excluding diaryl/α,β-unsaturated/α-hetero) is 1. The summed E-state index contributed by atoms with van der Waals surface area (Å²) in [4.78, 5) is 23.1. The van der Waals surface area contributed by atoms with E-state index in [0.29, 0.717) is 24.0 Å². The van der Waals surface area contributed by atoms with E-state index in [-0.39, 0.29) is 11.7 Å². The lowest BCUT2D eigenvalue weighted by Gasteiger charge is -2.21. The number of aromatic nitrogens is 4. The minimum absolute atomic E-state index is 0.139. The van der Waals surface area contributed by atoms with Crippen LogP contribution in [0.3, 0.4) is 0 Å². The summed E-state index contributed by atoms with van der Waals surface area (Å²) in [5.74, 6) is 0.773. The van der Waals surface area contributed by atoms with E-state index < -0.39 is 0 Å². The molecule has 0 saturated carbocycles. The number of ketones is 1. The number of nitrogens with one attached hydrogen (secondary N) is 1. The average Bonchev–Trinajstić information content (AvgIpc) is 3.19. The molecule has 3 aromatic rings. The van der Waals surface area contributed by atoms with Gasteiger partial charge in [0, 0.05) is 49.9 Å². The van der Waals surface area contributed by atoms with E-state index in [2.05, 4.69) is 25.5 Å². The molecule has 1 saturated heterocycles. The third kappa shape index (κ3) is 3.80. The second-order valence-corrected chi connectivity index (χ2v) is 7.04. The minimum Gasteiger partial charge on any atom is -0.402 e. The Morgan fingerprint density at radius 3 is 2.67 bits per heavy atom. The van der Waals surface area contributed by atoms with E-state index >= 15 is 0 Å². The highest BCUT2D eigenvalue weighted by molar-refractivity contribution is 5.87. The summed E-state index contributed by atoms with van der Waals surface area (Å²) in [6.45, 7) is 1.82. The molecule has 8 nitrogen and oxygen atoms in total. The lowest BCUT2D eigenvalue weighted by molar-refractivity contribution is -0.123. The first-order valence-corrected chi connectivity index (χ1v) is 9.09. The molecule has 0 atom stereocenters. The standard InChI is InChI=1S/C19H22N6O2/c1-25(2)19-24-23-18(27-19)16-8-13-7-15(21-10-14(13)11-22-16)9-17(26)12-3-5-20-6-4-12/h7-8,10-12,20H,3-6,9H2,1-2H3. The van der Waals surface area contributed by atoms with E-state index in [1.807, 2.05) is 26.2 Å². The van der Waals surface area contributed by atoms with Crippen LogP contribution in [0.2, 0.25) is 0 Å². The van der Waals surface area contributed by atoms with E-state index in [9.17, 15) is 4.79 Å². The molecule has 1 N–H and O–H groups in total. The van der Waals surface area contributed by atoms with Gasteiger partial charge in [0.25, 0.3) is 5.89 Å². The van der Waals surface area contributed by atoms with Crippen LogP contribution in [-0.4, -0.2) is 53.1 Å². The van der Waals surface area contributed by atoms with Gasteiger partial charge in [-0.05, 0) is 43.5 Å². The molecule has 4 heterocycles. The predicted octanol–water partition coefficient (Wildman–Crippen LogP) is 1.86. The average molecular weight is 366 g/mol. The summed E-state index contributed by atoms with van der Waals surface area (Å²) in [6.07, 6.45) is 5.67. The number of fused-ring (bicyclic) bond motifs is 1. The fourth-order valence-corrected chi connectivity index (χ4v) is 3.26. The maximum Gasteiger partial charge on any atom is 0.317 e. The van der Waals surface area contributed by atoms with Crippen LogP contribution in [0.1, 0.15) is 18.5 Å². The van der Waals surface area contributed by atoms with Crippen molar-refractivity contribution < 1.29 is 9.21 Å². The smallest absolute Gasteiger partial charge is 0.317 e. The van der Waals surface area contributed by atoms with Gasteiger partial charge in [0.2, 0.25) is 0 Å².